The summed E-state index contributed by atoms with van der Waals surface area (Å²) < 4.78 is 5.54. The Kier molecular flexibility index (Phi) is 5.12. The van der Waals surface area contributed by atoms with E-state index in [1.54, 1.807) is 0 Å². The first-order valence-electron chi connectivity index (χ1n) is 8.27. The second-order valence-corrected chi connectivity index (χ2v) is 6.04. The molecule has 0 bridgehead atoms. The third kappa shape index (κ3) is 4.22. The first kappa shape index (κ1) is 15.8. The molecule has 1 aromatic rings. The summed E-state index contributed by atoms with van der Waals surface area (Å²) in [5, 5.41) is 3.11. The first-order valence-corrected chi connectivity index (χ1v) is 8.27. The van der Waals surface area contributed by atoms with Crippen molar-refractivity contribution in [2.24, 2.45) is 10.7 Å². The number of carbonyl (C=O) groups excluding carboxylic acids is 1. The molecule has 1 amide bonds. The molecule has 1 unspecified atom stereocenters. The lowest BCUT2D eigenvalue weighted by Gasteiger charge is -2.16. The standard InChI is InChI=1S/C17H24N4O2/c18-17(20-12-15-6-3-9-23-15)19-11-13-4-1-5-14(10-13)21-8-2-7-16(21)22/h1,4-5,10,15H,2-3,6-9,11-12H2,(H3,18,19,20). The number of hydrogen-bond acceptors (Lipinski definition) is 3. The van der Waals surface area contributed by atoms with E-state index in [4.69, 9.17) is 10.5 Å². The quantitative estimate of drug-likeness (QED) is 0.635. The van der Waals surface area contributed by atoms with Crippen LogP contribution in [-0.2, 0) is 16.1 Å². The van der Waals surface area contributed by atoms with Crippen LogP contribution in [0.2, 0.25) is 0 Å². The van der Waals surface area contributed by atoms with Gasteiger partial charge in [-0.15, -0.1) is 0 Å². The molecule has 6 nitrogen and oxygen atoms in total. The molecule has 0 radical (unpaired) electrons. The number of ether oxygens (including phenoxy) is 1. The minimum absolute atomic E-state index is 0.198. The molecule has 0 aromatic heterocycles. The normalized spacial score (nSPS) is 21.9. The Morgan fingerprint density at radius 1 is 1.43 bits per heavy atom. The maximum absolute atomic E-state index is 11.8. The third-order valence-electron chi connectivity index (χ3n) is 4.26. The van der Waals surface area contributed by atoms with Crippen molar-refractivity contribution < 1.29 is 9.53 Å². The highest BCUT2D eigenvalue weighted by Crippen LogP contribution is 2.22. The van der Waals surface area contributed by atoms with Crippen LogP contribution in [-0.4, -0.2) is 37.7 Å². The summed E-state index contributed by atoms with van der Waals surface area (Å²) in [4.78, 5) is 18.0. The molecule has 0 aliphatic carbocycles. The minimum Gasteiger partial charge on any atom is -0.376 e. The second-order valence-electron chi connectivity index (χ2n) is 6.04. The van der Waals surface area contributed by atoms with Gasteiger partial charge in [-0.25, -0.2) is 4.99 Å². The van der Waals surface area contributed by atoms with Crippen LogP contribution >= 0.6 is 0 Å². The number of nitrogens with zero attached hydrogens (tertiary/aromatic N) is 2. The van der Waals surface area contributed by atoms with Crippen LogP contribution in [0.1, 0.15) is 31.2 Å². The van der Waals surface area contributed by atoms with Gasteiger partial charge in [-0.2, -0.15) is 0 Å². The van der Waals surface area contributed by atoms with Gasteiger partial charge in [0.15, 0.2) is 5.96 Å². The van der Waals surface area contributed by atoms with Gasteiger partial charge in [0.2, 0.25) is 5.91 Å². The lowest BCUT2D eigenvalue weighted by molar-refractivity contribution is -0.117. The molecule has 0 spiro atoms. The van der Waals surface area contributed by atoms with Crippen molar-refractivity contribution in [3.63, 3.8) is 0 Å². The summed E-state index contributed by atoms with van der Waals surface area (Å²) in [5.41, 5.74) is 7.90. The molecule has 2 aliphatic heterocycles. The van der Waals surface area contributed by atoms with Gasteiger partial charge < -0.3 is 20.7 Å². The number of nitrogens with two attached hydrogens (primary N) is 1. The predicted octanol–water partition coefficient (Wildman–Crippen LogP) is 1.40. The van der Waals surface area contributed by atoms with Crippen LogP contribution < -0.4 is 16.0 Å². The molecule has 3 rings (SSSR count). The molecule has 2 heterocycles. The Balaban J connectivity index is 1.54. The lowest BCUT2D eigenvalue weighted by atomic mass is 10.2. The van der Waals surface area contributed by atoms with Crippen LogP contribution in [0.4, 0.5) is 5.69 Å². The molecule has 2 saturated heterocycles. The number of rotatable bonds is 5. The fraction of sp³-hybridized carbons (Fsp3) is 0.529. The predicted molar refractivity (Wildman–Crippen MR) is 90.3 cm³/mol. The van der Waals surface area contributed by atoms with E-state index in [0.717, 1.165) is 43.7 Å². The summed E-state index contributed by atoms with van der Waals surface area (Å²) in [7, 11) is 0. The van der Waals surface area contributed by atoms with Crippen molar-refractivity contribution in [1.29, 1.82) is 0 Å². The summed E-state index contributed by atoms with van der Waals surface area (Å²) in [6, 6.07) is 7.94. The number of guanidine groups is 1. The molecule has 2 fully saturated rings. The lowest BCUT2D eigenvalue weighted by Crippen LogP contribution is -2.37. The second kappa shape index (κ2) is 7.46. The van der Waals surface area contributed by atoms with E-state index in [1.807, 2.05) is 29.2 Å². The Hall–Kier alpha value is -2.08. The van der Waals surface area contributed by atoms with Crippen molar-refractivity contribution in [2.45, 2.75) is 38.3 Å². The molecule has 2 aliphatic rings. The molecule has 1 aromatic carbocycles. The van der Waals surface area contributed by atoms with Crippen molar-refractivity contribution in [1.82, 2.24) is 5.32 Å². The van der Waals surface area contributed by atoms with Crippen LogP contribution in [0.3, 0.4) is 0 Å². The third-order valence-corrected chi connectivity index (χ3v) is 4.26. The maximum Gasteiger partial charge on any atom is 0.227 e. The van der Waals surface area contributed by atoms with Crippen molar-refractivity contribution in [3.05, 3.63) is 29.8 Å². The smallest absolute Gasteiger partial charge is 0.227 e. The van der Waals surface area contributed by atoms with Crippen LogP contribution in [0.5, 0.6) is 0 Å². The van der Waals surface area contributed by atoms with Crippen LogP contribution in [0.15, 0.2) is 29.3 Å². The summed E-state index contributed by atoms with van der Waals surface area (Å²) in [5.74, 6) is 0.631. The van der Waals surface area contributed by atoms with E-state index in [0.29, 0.717) is 25.5 Å². The molecular weight excluding hydrogens is 292 g/mol. The topological polar surface area (TPSA) is 80.0 Å². The number of anilines is 1. The number of nitrogens with one attached hydrogen (secondary N) is 1. The molecule has 124 valence electrons. The SMILES string of the molecule is NC(=NCc1cccc(N2CCCC2=O)c1)NCC1CCCO1. The van der Waals surface area contributed by atoms with E-state index in [1.165, 1.54) is 0 Å². The summed E-state index contributed by atoms with van der Waals surface area (Å²) >= 11 is 0. The van der Waals surface area contributed by atoms with Gasteiger partial charge in [-0.05, 0) is 37.0 Å². The van der Waals surface area contributed by atoms with Crippen molar-refractivity contribution in [3.8, 4) is 0 Å². The summed E-state index contributed by atoms with van der Waals surface area (Å²) in [6.45, 7) is 2.85. The number of aliphatic imine (C=N–C) groups is 1. The monoisotopic (exact) mass is 316 g/mol. The van der Waals surface area contributed by atoms with E-state index in [-0.39, 0.29) is 12.0 Å². The average Bonchev–Trinajstić information content (AvgIpc) is 3.22. The average molecular weight is 316 g/mol. The fourth-order valence-electron chi connectivity index (χ4n) is 3.00. The maximum atomic E-state index is 11.8. The largest absolute Gasteiger partial charge is 0.376 e. The van der Waals surface area contributed by atoms with E-state index < -0.39 is 0 Å². The summed E-state index contributed by atoms with van der Waals surface area (Å²) in [6.07, 6.45) is 4.01. The number of hydrogen-bond donors (Lipinski definition) is 2. The molecule has 0 saturated carbocycles. The minimum atomic E-state index is 0.198. The zero-order chi connectivity index (χ0) is 16.1. The molecule has 23 heavy (non-hydrogen) atoms. The Morgan fingerprint density at radius 2 is 2.35 bits per heavy atom. The van der Waals surface area contributed by atoms with Gasteiger partial charge in [-0.1, -0.05) is 12.1 Å². The molecule has 3 N–H and O–H groups in total. The highest BCUT2D eigenvalue weighted by molar-refractivity contribution is 5.95. The zero-order valence-corrected chi connectivity index (χ0v) is 13.3. The van der Waals surface area contributed by atoms with Gasteiger partial charge in [0, 0.05) is 31.8 Å². The number of benzene rings is 1. The van der Waals surface area contributed by atoms with Crippen LogP contribution in [0.25, 0.3) is 0 Å². The number of amides is 1. The van der Waals surface area contributed by atoms with E-state index in [2.05, 4.69) is 10.3 Å². The fourth-order valence-corrected chi connectivity index (χ4v) is 3.00. The van der Waals surface area contributed by atoms with Crippen molar-refractivity contribution in [2.75, 3.05) is 24.6 Å². The molecule has 1 atom stereocenters. The van der Waals surface area contributed by atoms with Crippen LogP contribution in [0, 0.1) is 0 Å². The van der Waals surface area contributed by atoms with Gasteiger partial charge in [-0.3, -0.25) is 4.79 Å². The first-order chi connectivity index (χ1) is 11.2. The molecule has 6 heteroatoms. The Bertz CT molecular complexity index is 582. The van der Waals surface area contributed by atoms with Gasteiger partial charge in [0.05, 0.1) is 12.6 Å². The van der Waals surface area contributed by atoms with Crippen molar-refractivity contribution >= 4 is 17.6 Å². The molecular formula is C17H24N4O2. The zero-order valence-electron chi connectivity index (χ0n) is 13.3. The van der Waals surface area contributed by atoms with Gasteiger partial charge >= 0.3 is 0 Å². The van der Waals surface area contributed by atoms with E-state index >= 15 is 0 Å². The highest BCUT2D eigenvalue weighted by atomic mass is 16.5. The Morgan fingerprint density at radius 3 is 3.09 bits per heavy atom. The Labute approximate surface area is 136 Å². The highest BCUT2D eigenvalue weighted by Gasteiger charge is 2.21. The van der Waals surface area contributed by atoms with Gasteiger partial charge in [0.1, 0.15) is 0 Å². The van der Waals surface area contributed by atoms with Gasteiger partial charge in [0.25, 0.3) is 0 Å². The number of carbonyl (C=O) groups is 1. The van der Waals surface area contributed by atoms with E-state index in [9.17, 15) is 4.79 Å².